The van der Waals surface area contributed by atoms with Gasteiger partial charge in [0.1, 0.15) is 16.7 Å². The molecule has 12 aromatic rings. The van der Waals surface area contributed by atoms with Crippen molar-refractivity contribution in [2.24, 2.45) is 0 Å². The number of nitrogens with zero attached hydrogens (tertiary/aromatic N) is 1. The molecular formula is C58H37NO2. The summed E-state index contributed by atoms with van der Waals surface area (Å²) in [6.07, 6.45) is 0. The first-order valence-electron chi connectivity index (χ1n) is 20.7. The van der Waals surface area contributed by atoms with Crippen LogP contribution < -0.4 is 4.90 Å². The van der Waals surface area contributed by atoms with E-state index in [1.165, 1.54) is 16.3 Å². The lowest BCUT2D eigenvalue weighted by Crippen LogP contribution is -2.10. The Hall–Kier alpha value is -8.14. The van der Waals surface area contributed by atoms with Crippen molar-refractivity contribution in [3.8, 4) is 44.5 Å². The van der Waals surface area contributed by atoms with Crippen LogP contribution in [0.2, 0.25) is 0 Å². The van der Waals surface area contributed by atoms with Crippen LogP contribution in [0.25, 0.3) is 99.2 Å². The monoisotopic (exact) mass is 779 g/mol. The van der Waals surface area contributed by atoms with Crippen molar-refractivity contribution in [2.75, 3.05) is 4.90 Å². The molecule has 0 spiro atoms. The fourth-order valence-electron chi connectivity index (χ4n) is 9.05. The summed E-state index contributed by atoms with van der Waals surface area (Å²) in [6.45, 7) is 0. The minimum absolute atomic E-state index is 0.843. The first-order valence-corrected chi connectivity index (χ1v) is 20.7. The zero-order chi connectivity index (χ0) is 40.3. The van der Waals surface area contributed by atoms with Crippen LogP contribution in [0.5, 0.6) is 0 Å². The zero-order valence-corrected chi connectivity index (χ0v) is 33.1. The molecule has 0 aliphatic heterocycles. The van der Waals surface area contributed by atoms with Crippen LogP contribution in [0, 0.1) is 0 Å². The maximum atomic E-state index is 6.97. The molecule has 286 valence electrons. The molecule has 61 heavy (non-hydrogen) atoms. The van der Waals surface area contributed by atoms with Gasteiger partial charge in [-0.2, -0.15) is 0 Å². The van der Waals surface area contributed by atoms with Gasteiger partial charge in [-0.15, -0.1) is 0 Å². The number of anilines is 3. The van der Waals surface area contributed by atoms with Crippen LogP contribution >= 0.6 is 0 Å². The molecule has 0 aliphatic carbocycles. The summed E-state index contributed by atoms with van der Waals surface area (Å²) < 4.78 is 13.5. The lowest BCUT2D eigenvalue weighted by Gasteiger charge is -2.26. The third-order valence-corrected chi connectivity index (χ3v) is 12.1. The maximum Gasteiger partial charge on any atom is 0.159 e. The van der Waals surface area contributed by atoms with Crippen molar-refractivity contribution in [2.45, 2.75) is 0 Å². The van der Waals surface area contributed by atoms with E-state index in [1.54, 1.807) is 0 Å². The molecule has 0 radical (unpaired) electrons. The summed E-state index contributed by atoms with van der Waals surface area (Å²) in [5.74, 6) is 0. The van der Waals surface area contributed by atoms with Gasteiger partial charge in [-0.05, 0) is 92.7 Å². The summed E-state index contributed by atoms with van der Waals surface area (Å²) >= 11 is 0. The van der Waals surface area contributed by atoms with E-state index in [-0.39, 0.29) is 0 Å². The minimum atomic E-state index is 0.843. The number of fused-ring (bicyclic) bond motifs is 7. The fourth-order valence-corrected chi connectivity index (χ4v) is 9.05. The number of para-hydroxylation sites is 3. The number of furan rings is 2. The molecule has 12 rings (SSSR count). The van der Waals surface area contributed by atoms with Crippen molar-refractivity contribution in [1.82, 2.24) is 0 Å². The lowest BCUT2D eigenvalue weighted by molar-refractivity contribution is 0.670. The molecule has 3 heteroatoms. The van der Waals surface area contributed by atoms with Gasteiger partial charge in [0, 0.05) is 44.0 Å². The molecule has 0 unspecified atom stereocenters. The van der Waals surface area contributed by atoms with E-state index in [2.05, 4.69) is 217 Å². The highest BCUT2D eigenvalue weighted by Gasteiger charge is 2.21. The highest BCUT2D eigenvalue weighted by Crippen LogP contribution is 2.45. The van der Waals surface area contributed by atoms with Crippen LogP contribution in [0.4, 0.5) is 17.1 Å². The van der Waals surface area contributed by atoms with Crippen molar-refractivity contribution >= 4 is 71.7 Å². The molecule has 3 nitrogen and oxygen atoms in total. The first kappa shape index (κ1) is 34.9. The summed E-state index contributed by atoms with van der Waals surface area (Å²) in [4.78, 5) is 2.32. The Kier molecular flexibility index (Phi) is 8.17. The highest BCUT2D eigenvalue weighted by atomic mass is 16.3. The second-order valence-corrected chi connectivity index (χ2v) is 15.7. The van der Waals surface area contributed by atoms with E-state index in [0.29, 0.717) is 0 Å². The van der Waals surface area contributed by atoms with E-state index in [4.69, 9.17) is 8.83 Å². The highest BCUT2D eigenvalue weighted by molar-refractivity contribution is 6.14. The Morgan fingerprint density at radius 2 is 0.770 bits per heavy atom. The topological polar surface area (TPSA) is 29.5 Å². The maximum absolute atomic E-state index is 6.97. The van der Waals surface area contributed by atoms with E-state index in [0.717, 1.165) is 99.9 Å². The summed E-state index contributed by atoms with van der Waals surface area (Å²) in [7, 11) is 0. The Bertz CT molecular complexity index is 3560. The van der Waals surface area contributed by atoms with Crippen LogP contribution in [0.1, 0.15) is 0 Å². The number of benzene rings is 10. The van der Waals surface area contributed by atoms with Gasteiger partial charge in [0.2, 0.25) is 0 Å². The minimum Gasteiger partial charge on any atom is -0.455 e. The van der Waals surface area contributed by atoms with Gasteiger partial charge in [-0.25, -0.2) is 0 Å². The van der Waals surface area contributed by atoms with Gasteiger partial charge < -0.3 is 13.7 Å². The predicted octanol–water partition coefficient (Wildman–Crippen LogP) is 16.8. The Morgan fingerprint density at radius 3 is 1.41 bits per heavy atom. The zero-order valence-electron chi connectivity index (χ0n) is 33.1. The molecule has 2 aromatic heterocycles. The number of hydrogen-bond donors (Lipinski definition) is 0. The van der Waals surface area contributed by atoms with Crippen LogP contribution in [0.15, 0.2) is 233 Å². The third-order valence-electron chi connectivity index (χ3n) is 12.1. The molecule has 0 saturated carbocycles. The van der Waals surface area contributed by atoms with Crippen molar-refractivity contribution in [1.29, 1.82) is 0 Å². The van der Waals surface area contributed by atoms with E-state index in [9.17, 15) is 0 Å². The molecule has 0 fully saturated rings. The Balaban J connectivity index is 0.977. The quantitative estimate of drug-likeness (QED) is 0.161. The summed E-state index contributed by atoms with van der Waals surface area (Å²) in [5.41, 5.74) is 15.6. The normalized spacial score (nSPS) is 11.6. The number of rotatable bonds is 7. The molecule has 0 amide bonds. The standard InChI is InChI=1S/C58H37NO2/c1-3-13-41(14-4-1)48-18-10-21-52-53-37-45(30-35-55(53)60-56(48)52)40-28-33-47(34-29-40)59(46-31-26-39(27-32-46)44-25-24-38-12-7-8-17-43(38)36-44)54-23-11-22-51-50-20-9-19-49(57(50)61-58(51)54)42-15-5-2-6-16-42/h1-37H. The van der Waals surface area contributed by atoms with Gasteiger partial charge in [0.15, 0.2) is 5.58 Å². The average Bonchev–Trinajstić information content (AvgIpc) is 3.91. The van der Waals surface area contributed by atoms with Crippen LogP contribution in [0.3, 0.4) is 0 Å². The average molecular weight is 780 g/mol. The van der Waals surface area contributed by atoms with Gasteiger partial charge in [-0.1, -0.05) is 176 Å². The van der Waals surface area contributed by atoms with Gasteiger partial charge in [-0.3, -0.25) is 0 Å². The lowest BCUT2D eigenvalue weighted by atomic mass is 9.99. The van der Waals surface area contributed by atoms with Gasteiger partial charge >= 0.3 is 0 Å². The van der Waals surface area contributed by atoms with Crippen molar-refractivity contribution in [3.63, 3.8) is 0 Å². The molecular weight excluding hydrogens is 743 g/mol. The Labute approximate surface area is 353 Å². The molecule has 0 bridgehead atoms. The second-order valence-electron chi connectivity index (χ2n) is 15.7. The van der Waals surface area contributed by atoms with E-state index in [1.807, 2.05) is 12.1 Å². The molecule has 0 atom stereocenters. The largest absolute Gasteiger partial charge is 0.455 e. The molecule has 0 aliphatic rings. The second kappa shape index (κ2) is 14.3. The molecule has 0 N–H and O–H groups in total. The van der Waals surface area contributed by atoms with E-state index < -0.39 is 0 Å². The van der Waals surface area contributed by atoms with Crippen LogP contribution in [-0.2, 0) is 0 Å². The molecule has 10 aromatic carbocycles. The van der Waals surface area contributed by atoms with Crippen molar-refractivity contribution < 1.29 is 8.83 Å². The smallest absolute Gasteiger partial charge is 0.159 e. The van der Waals surface area contributed by atoms with Crippen LogP contribution in [-0.4, -0.2) is 0 Å². The number of hydrogen-bond acceptors (Lipinski definition) is 3. The SMILES string of the molecule is c1ccc(-c2cccc3c2oc2ccc(-c4ccc(N(c5ccc(-c6ccc7ccccc7c6)cc5)c5cccc6c5oc5c(-c7ccccc7)cccc56)cc4)cc23)cc1. The van der Waals surface area contributed by atoms with Gasteiger partial charge in [0.25, 0.3) is 0 Å². The Morgan fingerprint density at radius 1 is 0.279 bits per heavy atom. The first-order chi connectivity index (χ1) is 30.2. The van der Waals surface area contributed by atoms with Crippen molar-refractivity contribution in [3.05, 3.63) is 224 Å². The van der Waals surface area contributed by atoms with Gasteiger partial charge in [0.05, 0.1) is 5.69 Å². The van der Waals surface area contributed by atoms with E-state index >= 15 is 0 Å². The summed E-state index contributed by atoms with van der Waals surface area (Å²) in [6, 6.07) is 79.7. The summed E-state index contributed by atoms with van der Waals surface area (Å²) in [5, 5.41) is 6.86. The molecule has 0 saturated heterocycles. The molecule has 2 heterocycles. The predicted molar refractivity (Wildman–Crippen MR) is 255 cm³/mol. The fraction of sp³-hybridized carbons (Fsp3) is 0. The third kappa shape index (κ3) is 5.98.